The molecular formula is C16H27N5O. The monoisotopic (exact) mass is 305 g/mol. The van der Waals surface area contributed by atoms with Crippen molar-refractivity contribution in [1.82, 2.24) is 24.6 Å². The van der Waals surface area contributed by atoms with Gasteiger partial charge in [-0.3, -0.25) is 9.69 Å². The second-order valence-corrected chi connectivity index (χ2v) is 6.81. The van der Waals surface area contributed by atoms with Crippen LogP contribution in [-0.2, 0) is 18.4 Å². The molecule has 0 radical (unpaired) electrons. The smallest absolute Gasteiger partial charge is 0.225 e. The van der Waals surface area contributed by atoms with Crippen molar-refractivity contribution in [3.8, 4) is 0 Å². The molecule has 0 bridgehead atoms. The van der Waals surface area contributed by atoms with Crippen molar-refractivity contribution in [2.75, 3.05) is 20.1 Å². The van der Waals surface area contributed by atoms with Crippen molar-refractivity contribution < 1.29 is 4.79 Å². The van der Waals surface area contributed by atoms with Gasteiger partial charge in [-0.25, -0.2) is 0 Å². The summed E-state index contributed by atoms with van der Waals surface area (Å²) in [5.74, 6) is 2.66. The molecule has 1 aromatic heterocycles. The highest BCUT2D eigenvalue weighted by molar-refractivity contribution is 5.79. The molecule has 0 aromatic carbocycles. The average molecular weight is 305 g/mol. The minimum atomic E-state index is 0.310. The summed E-state index contributed by atoms with van der Waals surface area (Å²) in [6.45, 7) is 4.88. The number of aryl methyl sites for hydroxylation is 1. The first-order chi connectivity index (χ1) is 10.6. The number of likely N-dealkylation sites (tertiary alicyclic amines) is 1. The molecule has 0 unspecified atom stereocenters. The number of rotatable bonds is 4. The van der Waals surface area contributed by atoms with Gasteiger partial charge >= 0.3 is 0 Å². The molecule has 22 heavy (non-hydrogen) atoms. The van der Waals surface area contributed by atoms with Crippen molar-refractivity contribution >= 4 is 5.91 Å². The minimum Gasteiger partial charge on any atom is -0.342 e. The lowest BCUT2D eigenvalue weighted by Gasteiger charge is -2.39. The normalized spacial score (nSPS) is 20.9. The molecule has 1 aliphatic heterocycles. The molecule has 0 atom stereocenters. The third-order valence-corrected chi connectivity index (χ3v) is 5.45. The number of hydrogen-bond donors (Lipinski definition) is 0. The molecule has 1 aromatic rings. The van der Waals surface area contributed by atoms with E-state index < -0.39 is 0 Å². The molecule has 2 heterocycles. The van der Waals surface area contributed by atoms with Gasteiger partial charge in [-0.05, 0) is 32.6 Å². The predicted molar refractivity (Wildman–Crippen MR) is 84.2 cm³/mol. The minimum absolute atomic E-state index is 0.310. The highest BCUT2D eigenvalue weighted by atomic mass is 16.2. The Morgan fingerprint density at radius 3 is 2.41 bits per heavy atom. The molecule has 1 saturated carbocycles. The molecule has 6 nitrogen and oxygen atoms in total. The summed E-state index contributed by atoms with van der Waals surface area (Å²) in [6.07, 6.45) is 5.53. The van der Waals surface area contributed by atoms with Crippen LogP contribution in [0.1, 0.15) is 43.8 Å². The van der Waals surface area contributed by atoms with Gasteiger partial charge in [-0.15, -0.1) is 10.2 Å². The van der Waals surface area contributed by atoms with Crippen LogP contribution in [0.15, 0.2) is 0 Å². The van der Waals surface area contributed by atoms with Crippen LogP contribution in [0.4, 0.5) is 0 Å². The fourth-order valence-corrected chi connectivity index (χ4v) is 3.38. The lowest BCUT2D eigenvalue weighted by molar-refractivity contribution is -0.139. The third-order valence-electron chi connectivity index (χ3n) is 5.45. The Labute approximate surface area is 132 Å². The van der Waals surface area contributed by atoms with E-state index in [9.17, 15) is 4.79 Å². The Kier molecular flexibility index (Phi) is 4.47. The van der Waals surface area contributed by atoms with Gasteiger partial charge in [-0.1, -0.05) is 6.42 Å². The maximum absolute atomic E-state index is 12.3. The molecule has 1 saturated heterocycles. The van der Waals surface area contributed by atoms with Crippen LogP contribution >= 0.6 is 0 Å². The highest BCUT2D eigenvalue weighted by Gasteiger charge is 2.32. The van der Waals surface area contributed by atoms with Gasteiger partial charge in [0, 0.05) is 39.1 Å². The van der Waals surface area contributed by atoms with Crippen LogP contribution in [0.2, 0.25) is 0 Å². The van der Waals surface area contributed by atoms with Crippen LogP contribution in [0, 0.1) is 12.8 Å². The van der Waals surface area contributed by atoms with E-state index in [2.05, 4.69) is 19.7 Å². The lowest BCUT2D eigenvalue weighted by Crippen LogP contribution is -2.48. The summed E-state index contributed by atoms with van der Waals surface area (Å²) < 4.78 is 2.05. The zero-order valence-corrected chi connectivity index (χ0v) is 14.0. The summed E-state index contributed by atoms with van der Waals surface area (Å²) in [4.78, 5) is 16.8. The summed E-state index contributed by atoms with van der Waals surface area (Å²) in [7, 11) is 4.01. The molecule has 2 aliphatic rings. The molecule has 6 heteroatoms. The van der Waals surface area contributed by atoms with Crippen LogP contribution < -0.4 is 0 Å². The van der Waals surface area contributed by atoms with Crippen molar-refractivity contribution in [3.63, 3.8) is 0 Å². The molecule has 1 amide bonds. The largest absolute Gasteiger partial charge is 0.342 e. The van der Waals surface area contributed by atoms with Crippen LogP contribution in [0.25, 0.3) is 0 Å². The van der Waals surface area contributed by atoms with Gasteiger partial charge in [0.2, 0.25) is 5.91 Å². The van der Waals surface area contributed by atoms with Gasteiger partial charge in [0.1, 0.15) is 11.6 Å². The quantitative estimate of drug-likeness (QED) is 0.842. The fourth-order valence-electron chi connectivity index (χ4n) is 3.38. The standard InChI is InChI=1S/C16H27N5O/c1-12-17-18-15(19(12)2)11-21-9-7-14(8-10-21)20(3)16(22)13-5-4-6-13/h13-14H,4-11H2,1-3H3. The summed E-state index contributed by atoms with van der Waals surface area (Å²) in [5.41, 5.74) is 0. The highest BCUT2D eigenvalue weighted by Crippen LogP contribution is 2.29. The zero-order valence-electron chi connectivity index (χ0n) is 14.0. The van der Waals surface area contributed by atoms with E-state index in [0.29, 0.717) is 17.9 Å². The van der Waals surface area contributed by atoms with Crippen molar-refractivity contribution in [2.45, 2.75) is 51.6 Å². The first-order valence-electron chi connectivity index (χ1n) is 8.40. The SMILES string of the molecule is Cc1nnc(CN2CCC(N(C)C(=O)C3CCC3)CC2)n1C. The maximum Gasteiger partial charge on any atom is 0.225 e. The Balaban J connectivity index is 1.49. The number of hydrogen-bond acceptors (Lipinski definition) is 4. The number of amides is 1. The van der Waals surface area contributed by atoms with Crippen molar-refractivity contribution in [1.29, 1.82) is 0 Å². The van der Waals surface area contributed by atoms with Gasteiger partial charge in [-0.2, -0.15) is 0 Å². The molecule has 0 N–H and O–H groups in total. The van der Waals surface area contributed by atoms with E-state index in [4.69, 9.17) is 0 Å². The first-order valence-corrected chi connectivity index (χ1v) is 8.40. The predicted octanol–water partition coefficient (Wildman–Crippen LogP) is 1.35. The number of aromatic nitrogens is 3. The van der Waals surface area contributed by atoms with E-state index >= 15 is 0 Å². The molecule has 122 valence electrons. The second-order valence-electron chi connectivity index (χ2n) is 6.81. The Bertz CT molecular complexity index is 529. The Morgan fingerprint density at radius 2 is 1.91 bits per heavy atom. The molecule has 0 spiro atoms. The third kappa shape index (κ3) is 3.02. The van der Waals surface area contributed by atoms with Gasteiger partial charge < -0.3 is 9.47 Å². The number of piperidine rings is 1. The van der Waals surface area contributed by atoms with Gasteiger partial charge in [0.15, 0.2) is 0 Å². The summed E-state index contributed by atoms with van der Waals surface area (Å²) >= 11 is 0. The van der Waals surface area contributed by atoms with Crippen molar-refractivity contribution in [3.05, 3.63) is 11.6 Å². The molecule has 3 rings (SSSR count). The van der Waals surface area contributed by atoms with Crippen molar-refractivity contribution in [2.24, 2.45) is 13.0 Å². The van der Waals surface area contributed by atoms with Crippen LogP contribution in [-0.4, -0.2) is 56.7 Å². The van der Waals surface area contributed by atoms with E-state index in [0.717, 1.165) is 57.0 Å². The molecule has 2 fully saturated rings. The average Bonchev–Trinajstić information content (AvgIpc) is 2.77. The Morgan fingerprint density at radius 1 is 1.23 bits per heavy atom. The number of carbonyl (C=O) groups is 1. The maximum atomic E-state index is 12.3. The molecule has 1 aliphatic carbocycles. The molecular weight excluding hydrogens is 278 g/mol. The fraction of sp³-hybridized carbons (Fsp3) is 0.812. The second kappa shape index (κ2) is 6.36. The zero-order chi connectivity index (χ0) is 15.7. The van der Waals surface area contributed by atoms with Crippen LogP contribution in [0.5, 0.6) is 0 Å². The summed E-state index contributed by atoms with van der Waals surface area (Å²) in [6, 6.07) is 0.408. The first kappa shape index (κ1) is 15.5. The van der Waals surface area contributed by atoms with E-state index in [1.54, 1.807) is 0 Å². The summed E-state index contributed by atoms with van der Waals surface area (Å²) in [5, 5.41) is 8.36. The lowest BCUT2D eigenvalue weighted by atomic mass is 9.84. The van der Waals surface area contributed by atoms with E-state index in [1.165, 1.54) is 6.42 Å². The van der Waals surface area contributed by atoms with Gasteiger partial charge in [0.05, 0.1) is 6.54 Å². The van der Waals surface area contributed by atoms with Gasteiger partial charge in [0.25, 0.3) is 0 Å². The van der Waals surface area contributed by atoms with Crippen LogP contribution in [0.3, 0.4) is 0 Å². The number of carbonyl (C=O) groups excluding carboxylic acids is 1. The van der Waals surface area contributed by atoms with E-state index in [1.807, 2.05) is 25.9 Å². The topological polar surface area (TPSA) is 54.3 Å². The Hall–Kier alpha value is -1.43. The van der Waals surface area contributed by atoms with E-state index in [-0.39, 0.29) is 0 Å². The number of nitrogens with zero attached hydrogens (tertiary/aromatic N) is 5.